The molecule has 4 nitrogen and oxygen atoms in total. The molecule has 1 heterocycles. The second-order valence-corrected chi connectivity index (χ2v) is 5.41. The van der Waals surface area contributed by atoms with Crippen molar-refractivity contribution in [3.63, 3.8) is 0 Å². The van der Waals surface area contributed by atoms with Crippen molar-refractivity contribution >= 4 is 5.97 Å². The van der Waals surface area contributed by atoms with E-state index in [9.17, 15) is 13.6 Å². The minimum Gasteiger partial charge on any atom is -0.475 e. The third-order valence-corrected chi connectivity index (χ3v) is 2.64. The first-order valence-corrected chi connectivity index (χ1v) is 5.89. The number of halogens is 2. The Morgan fingerprint density at radius 2 is 1.75 bits per heavy atom. The normalized spacial score (nSPS) is 11.7. The number of aromatic carboxylic acids is 1. The van der Waals surface area contributed by atoms with E-state index in [0.717, 1.165) is 18.2 Å². The molecule has 106 valence electrons. The highest BCUT2D eigenvalue weighted by Crippen LogP contribution is 2.30. The van der Waals surface area contributed by atoms with Crippen molar-refractivity contribution in [3.8, 4) is 11.5 Å². The number of carboxylic acids is 1. The number of aromatic nitrogens is 1. The van der Waals surface area contributed by atoms with E-state index in [1.807, 2.05) is 0 Å². The summed E-state index contributed by atoms with van der Waals surface area (Å²) in [7, 11) is 0. The number of hydrogen-bond donors (Lipinski definition) is 1. The largest absolute Gasteiger partial charge is 0.475 e. The first-order chi connectivity index (χ1) is 9.18. The standard InChI is InChI=1S/C14H13F2NO3/c1-14(2,3)11-10(13(18)19)20-12(17-11)7-4-8(15)6-9(16)5-7/h4-6H,1-3H3,(H,18,19). The Morgan fingerprint density at radius 1 is 1.20 bits per heavy atom. The lowest BCUT2D eigenvalue weighted by Gasteiger charge is -2.14. The van der Waals surface area contributed by atoms with Gasteiger partial charge in [0.15, 0.2) is 0 Å². The van der Waals surface area contributed by atoms with E-state index in [0.29, 0.717) is 0 Å². The Bertz CT molecular complexity index is 651. The predicted octanol–water partition coefficient (Wildman–Crippen LogP) is 3.62. The lowest BCUT2D eigenvalue weighted by Crippen LogP contribution is -2.16. The summed E-state index contributed by atoms with van der Waals surface area (Å²) in [5, 5.41) is 9.12. The Hall–Kier alpha value is -2.24. The summed E-state index contributed by atoms with van der Waals surface area (Å²) in [6.07, 6.45) is 0. The van der Waals surface area contributed by atoms with Gasteiger partial charge in [-0.3, -0.25) is 0 Å². The molecule has 0 radical (unpaired) electrons. The van der Waals surface area contributed by atoms with Crippen LogP contribution in [0, 0.1) is 11.6 Å². The highest BCUT2D eigenvalue weighted by Gasteiger charge is 2.29. The Balaban J connectivity index is 2.62. The summed E-state index contributed by atoms with van der Waals surface area (Å²) in [6, 6.07) is 2.79. The van der Waals surface area contributed by atoms with Crippen LogP contribution in [0.2, 0.25) is 0 Å². The molecular weight excluding hydrogens is 268 g/mol. The molecule has 2 rings (SSSR count). The van der Waals surface area contributed by atoms with Gasteiger partial charge in [0, 0.05) is 17.0 Å². The maximum atomic E-state index is 13.2. The van der Waals surface area contributed by atoms with Gasteiger partial charge in [-0.05, 0) is 12.1 Å². The summed E-state index contributed by atoms with van der Waals surface area (Å²) in [6.45, 7) is 5.31. The minimum atomic E-state index is -1.27. The number of carbonyl (C=O) groups is 1. The molecule has 0 amide bonds. The minimum absolute atomic E-state index is 0.0560. The van der Waals surface area contributed by atoms with Crippen molar-refractivity contribution in [1.29, 1.82) is 0 Å². The van der Waals surface area contributed by atoms with Crippen LogP contribution < -0.4 is 0 Å². The fourth-order valence-corrected chi connectivity index (χ4v) is 1.77. The monoisotopic (exact) mass is 281 g/mol. The first-order valence-electron chi connectivity index (χ1n) is 5.89. The Kier molecular flexibility index (Phi) is 3.33. The van der Waals surface area contributed by atoms with Crippen molar-refractivity contribution in [1.82, 2.24) is 4.98 Å². The second-order valence-electron chi connectivity index (χ2n) is 5.41. The molecule has 0 aliphatic rings. The highest BCUT2D eigenvalue weighted by atomic mass is 19.1. The molecule has 6 heteroatoms. The Labute approximate surface area is 114 Å². The van der Waals surface area contributed by atoms with Gasteiger partial charge in [-0.15, -0.1) is 0 Å². The summed E-state index contributed by atoms with van der Waals surface area (Å²) in [5.74, 6) is -3.28. The lowest BCUT2D eigenvalue weighted by atomic mass is 9.91. The number of carboxylic acid groups (broad SMARTS) is 1. The van der Waals surface area contributed by atoms with Crippen LogP contribution in [0.15, 0.2) is 22.6 Å². The average Bonchev–Trinajstić information content (AvgIpc) is 2.71. The summed E-state index contributed by atoms with van der Waals surface area (Å²) in [5.41, 5.74) is -0.286. The van der Waals surface area contributed by atoms with Gasteiger partial charge in [-0.2, -0.15) is 0 Å². The molecule has 0 saturated carbocycles. The van der Waals surface area contributed by atoms with Crippen LogP contribution in [0.3, 0.4) is 0 Å². The molecule has 0 fully saturated rings. The summed E-state index contributed by atoms with van der Waals surface area (Å²) < 4.78 is 31.5. The zero-order valence-electron chi connectivity index (χ0n) is 11.2. The molecule has 1 aromatic heterocycles. The molecule has 0 spiro atoms. The summed E-state index contributed by atoms with van der Waals surface area (Å²) in [4.78, 5) is 15.2. The number of oxazole rings is 1. The number of rotatable bonds is 2. The zero-order chi connectivity index (χ0) is 15.1. The van der Waals surface area contributed by atoms with Crippen molar-refractivity contribution in [2.24, 2.45) is 0 Å². The van der Waals surface area contributed by atoms with Crippen LogP contribution in [0.4, 0.5) is 8.78 Å². The van der Waals surface area contributed by atoms with E-state index in [-0.39, 0.29) is 22.9 Å². The second kappa shape index (κ2) is 4.70. The zero-order valence-corrected chi connectivity index (χ0v) is 11.2. The van der Waals surface area contributed by atoms with Crippen LogP contribution in [-0.4, -0.2) is 16.1 Å². The average molecular weight is 281 g/mol. The predicted molar refractivity (Wildman–Crippen MR) is 67.5 cm³/mol. The lowest BCUT2D eigenvalue weighted by molar-refractivity contribution is 0.0659. The third kappa shape index (κ3) is 2.68. The van der Waals surface area contributed by atoms with Crippen LogP contribution in [-0.2, 0) is 5.41 Å². The first kappa shape index (κ1) is 14.2. The molecule has 2 aromatic rings. The van der Waals surface area contributed by atoms with Crippen molar-refractivity contribution in [2.45, 2.75) is 26.2 Å². The van der Waals surface area contributed by atoms with E-state index in [1.165, 1.54) is 0 Å². The molecule has 1 N–H and O–H groups in total. The molecule has 1 aromatic carbocycles. The van der Waals surface area contributed by atoms with Crippen LogP contribution in [0.25, 0.3) is 11.5 Å². The van der Waals surface area contributed by atoms with Crippen molar-refractivity contribution < 1.29 is 23.1 Å². The molecule has 0 saturated heterocycles. The maximum absolute atomic E-state index is 13.2. The van der Waals surface area contributed by atoms with Gasteiger partial charge in [0.25, 0.3) is 0 Å². The third-order valence-electron chi connectivity index (χ3n) is 2.64. The molecule has 0 bridgehead atoms. The number of hydrogen-bond acceptors (Lipinski definition) is 3. The number of benzene rings is 1. The van der Waals surface area contributed by atoms with Crippen LogP contribution in [0.1, 0.15) is 37.0 Å². The van der Waals surface area contributed by atoms with Gasteiger partial charge < -0.3 is 9.52 Å². The van der Waals surface area contributed by atoms with E-state index < -0.39 is 23.0 Å². The number of nitrogens with zero attached hydrogens (tertiary/aromatic N) is 1. The van der Waals surface area contributed by atoms with E-state index >= 15 is 0 Å². The smallest absolute Gasteiger partial charge is 0.373 e. The molecular formula is C14H13F2NO3. The van der Waals surface area contributed by atoms with Gasteiger partial charge in [-0.25, -0.2) is 18.6 Å². The van der Waals surface area contributed by atoms with Gasteiger partial charge in [0.1, 0.15) is 17.3 Å². The van der Waals surface area contributed by atoms with Gasteiger partial charge in [-0.1, -0.05) is 20.8 Å². The molecule has 0 aliphatic carbocycles. The van der Waals surface area contributed by atoms with Gasteiger partial charge in [0.05, 0.1) is 0 Å². The van der Waals surface area contributed by atoms with E-state index in [4.69, 9.17) is 9.52 Å². The van der Waals surface area contributed by atoms with Crippen LogP contribution >= 0.6 is 0 Å². The quantitative estimate of drug-likeness (QED) is 0.913. The fourth-order valence-electron chi connectivity index (χ4n) is 1.77. The molecule has 0 aliphatic heterocycles. The molecule has 0 unspecified atom stereocenters. The Morgan fingerprint density at radius 3 is 2.15 bits per heavy atom. The van der Waals surface area contributed by atoms with Crippen molar-refractivity contribution in [3.05, 3.63) is 41.3 Å². The van der Waals surface area contributed by atoms with Crippen molar-refractivity contribution in [2.75, 3.05) is 0 Å². The van der Waals surface area contributed by atoms with Crippen LogP contribution in [0.5, 0.6) is 0 Å². The van der Waals surface area contributed by atoms with Gasteiger partial charge >= 0.3 is 5.97 Å². The van der Waals surface area contributed by atoms with E-state index in [2.05, 4.69) is 4.98 Å². The molecule has 0 atom stereocenters. The summed E-state index contributed by atoms with van der Waals surface area (Å²) >= 11 is 0. The SMILES string of the molecule is CC(C)(C)c1nc(-c2cc(F)cc(F)c2)oc1C(=O)O. The van der Waals surface area contributed by atoms with Gasteiger partial charge in [0.2, 0.25) is 11.7 Å². The maximum Gasteiger partial charge on any atom is 0.373 e. The molecule has 20 heavy (non-hydrogen) atoms. The topological polar surface area (TPSA) is 63.3 Å². The highest BCUT2D eigenvalue weighted by molar-refractivity contribution is 5.86. The fraction of sp³-hybridized carbons (Fsp3) is 0.286. The van der Waals surface area contributed by atoms with E-state index in [1.54, 1.807) is 20.8 Å².